The number of benzene rings is 1. The molecule has 0 bridgehead atoms. The average molecular weight is 442 g/mol. The van der Waals surface area contributed by atoms with E-state index in [2.05, 4.69) is 9.97 Å². The summed E-state index contributed by atoms with van der Waals surface area (Å²) in [5.41, 5.74) is -0.127. The predicted octanol–water partition coefficient (Wildman–Crippen LogP) is 5.20. The normalized spacial score (nSPS) is 11.5. The van der Waals surface area contributed by atoms with Crippen LogP contribution in [0.1, 0.15) is 20.8 Å². The van der Waals surface area contributed by atoms with Gasteiger partial charge in [0.15, 0.2) is 0 Å². The van der Waals surface area contributed by atoms with Gasteiger partial charge in [-0.3, -0.25) is 4.98 Å². The highest BCUT2D eigenvalue weighted by atomic mass is 32.1. The molecule has 6 nitrogen and oxygen atoms in total. The Kier molecular flexibility index (Phi) is 6.63. The van der Waals surface area contributed by atoms with Crippen molar-refractivity contribution in [3.63, 3.8) is 0 Å². The maximum Gasteiger partial charge on any atom is 0.416 e. The van der Waals surface area contributed by atoms with Gasteiger partial charge in [-0.05, 0) is 36.4 Å². The van der Waals surface area contributed by atoms with Gasteiger partial charge in [0.2, 0.25) is 0 Å². The molecule has 0 atom stereocenters. The molecule has 1 aromatic carbocycles. The zero-order valence-corrected chi connectivity index (χ0v) is 16.0. The molecule has 0 amide bonds. The smallest absolute Gasteiger partial charge is 0.416 e. The molecule has 30 heavy (non-hydrogen) atoms. The fourth-order valence-corrected chi connectivity index (χ4v) is 3.24. The van der Waals surface area contributed by atoms with E-state index in [1.165, 1.54) is 30.5 Å². The summed E-state index contributed by atoms with van der Waals surface area (Å²) < 4.78 is 61.1. The number of thiazole rings is 1. The number of ether oxygens (including phenoxy) is 2. The molecule has 3 rings (SSSR count). The van der Waals surface area contributed by atoms with Crippen LogP contribution in [0, 0.1) is 0 Å². The van der Waals surface area contributed by atoms with Crippen molar-refractivity contribution in [2.75, 3.05) is 13.3 Å². The lowest BCUT2D eigenvalue weighted by Gasteiger charge is -2.07. The van der Waals surface area contributed by atoms with Crippen LogP contribution in [0.5, 0.6) is 10.9 Å². The monoisotopic (exact) mass is 442 g/mol. The molecular weight excluding hydrogens is 428 g/mol. The number of rotatable bonds is 8. The van der Waals surface area contributed by atoms with Gasteiger partial charge in [0.25, 0.3) is 5.19 Å². The number of nitrogens with zero attached hydrogens (tertiary/aromatic N) is 2. The van der Waals surface area contributed by atoms with Crippen molar-refractivity contribution in [3.05, 3.63) is 58.6 Å². The molecule has 2 heterocycles. The zero-order valence-electron chi connectivity index (χ0n) is 15.1. The molecule has 0 fully saturated rings. The van der Waals surface area contributed by atoms with Gasteiger partial charge >= 0.3 is 12.1 Å². The lowest BCUT2D eigenvalue weighted by Crippen LogP contribution is -2.03. The molecule has 3 aromatic rings. The maximum atomic E-state index is 12.7. The van der Waals surface area contributed by atoms with Crippen LogP contribution in [0.25, 0.3) is 11.4 Å². The van der Waals surface area contributed by atoms with Gasteiger partial charge < -0.3 is 14.6 Å². The van der Waals surface area contributed by atoms with E-state index in [-0.39, 0.29) is 29.7 Å². The van der Waals surface area contributed by atoms with Crippen molar-refractivity contribution < 1.29 is 36.9 Å². The van der Waals surface area contributed by atoms with E-state index in [0.717, 1.165) is 23.5 Å². The van der Waals surface area contributed by atoms with E-state index in [4.69, 9.17) is 14.6 Å². The van der Waals surface area contributed by atoms with Gasteiger partial charge in [-0.1, -0.05) is 11.3 Å². The lowest BCUT2D eigenvalue weighted by molar-refractivity contribution is -0.137. The van der Waals surface area contributed by atoms with Crippen LogP contribution in [-0.2, 0) is 17.5 Å². The molecule has 2 aromatic heterocycles. The first-order chi connectivity index (χ1) is 14.3. The third-order valence-electron chi connectivity index (χ3n) is 3.77. The number of carboxylic acid groups (broad SMARTS) is 1. The van der Waals surface area contributed by atoms with Crippen molar-refractivity contribution in [1.29, 1.82) is 0 Å². The van der Waals surface area contributed by atoms with Crippen LogP contribution in [-0.4, -0.2) is 34.3 Å². The maximum absolute atomic E-state index is 12.7. The third-order valence-corrected chi connectivity index (χ3v) is 4.68. The van der Waals surface area contributed by atoms with Crippen molar-refractivity contribution in [2.24, 2.45) is 0 Å². The quantitative estimate of drug-likeness (QED) is 0.382. The standard InChI is InChI=1S/C19H14F4N2O4S/c20-7-8-28-10-15-16(14-6-1-11(9-24-14)17(26)27)25-18(30-15)29-13-4-2-12(3-5-13)19(21,22)23/h1-6,9H,7-8,10H2,(H,26,27). The number of carboxylic acids is 1. The Labute approximate surface area is 171 Å². The van der Waals surface area contributed by atoms with Gasteiger partial charge in [0.05, 0.1) is 34.9 Å². The van der Waals surface area contributed by atoms with Crippen LogP contribution in [0.3, 0.4) is 0 Å². The van der Waals surface area contributed by atoms with Crippen molar-refractivity contribution in [2.45, 2.75) is 12.8 Å². The number of halogens is 4. The second-order valence-corrected chi connectivity index (χ2v) is 6.90. The topological polar surface area (TPSA) is 81.5 Å². The Balaban J connectivity index is 1.86. The summed E-state index contributed by atoms with van der Waals surface area (Å²) in [7, 11) is 0. The molecule has 11 heteroatoms. The fraction of sp³-hybridized carbons (Fsp3) is 0.211. The van der Waals surface area contributed by atoms with Crippen molar-refractivity contribution in [3.8, 4) is 22.3 Å². The highest BCUT2D eigenvalue weighted by molar-refractivity contribution is 7.13. The first-order valence-corrected chi connectivity index (χ1v) is 9.28. The SMILES string of the molecule is O=C(O)c1ccc(-c2nc(Oc3ccc(C(F)(F)F)cc3)sc2COCCF)nc1. The predicted molar refractivity (Wildman–Crippen MR) is 99.5 cm³/mol. The van der Waals surface area contributed by atoms with Gasteiger partial charge in [0, 0.05) is 6.20 Å². The molecule has 158 valence electrons. The van der Waals surface area contributed by atoms with Crippen LogP contribution >= 0.6 is 11.3 Å². The molecule has 0 spiro atoms. The minimum Gasteiger partial charge on any atom is -0.478 e. The Bertz CT molecular complexity index is 1000. The average Bonchev–Trinajstić information content (AvgIpc) is 3.10. The molecule has 1 N–H and O–H groups in total. The summed E-state index contributed by atoms with van der Waals surface area (Å²) >= 11 is 1.06. The van der Waals surface area contributed by atoms with E-state index < -0.39 is 24.4 Å². The first kappa shape index (κ1) is 21.7. The molecule has 0 aliphatic heterocycles. The molecule has 0 aliphatic carbocycles. The molecular formula is C19H14F4N2O4S. The van der Waals surface area contributed by atoms with E-state index in [1.807, 2.05) is 0 Å². The minimum atomic E-state index is -4.46. The summed E-state index contributed by atoms with van der Waals surface area (Å²) in [6.45, 7) is -0.790. The lowest BCUT2D eigenvalue weighted by atomic mass is 10.2. The molecule has 0 saturated carbocycles. The minimum absolute atomic E-state index is 0.00885. The first-order valence-electron chi connectivity index (χ1n) is 8.46. The molecule has 0 saturated heterocycles. The highest BCUT2D eigenvalue weighted by Gasteiger charge is 2.30. The summed E-state index contributed by atoms with van der Waals surface area (Å²) in [5.74, 6) is -0.987. The number of alkyl halides is 4. The van der Waals surface area contributed by atoms with E-state index >= 15 is 0 Å². The second kappa shape index (κ2) is 9.18. The second-order valence-electron chi connectivity index (χ2n) is 5.85. The molecule has 0 aliphatic rings. The summed E-state index contributed by atoms with van der Waals surface area (Å²) in [6, 6.07) is 6.93. The van der Waals surface area contributed by atoms with Crippen molar-refractivity contribution >= 4 is 17.3 Å². The summed E-state index contributed by atoms with van der Waals surface area (Å²) in [4.78, 5) is 19.9. The Morgan fingerprint density at radius 3 is 2.43 bits per heavy atom. The van der Waals surface area contributed by atoms with E-state index in [1.54, 1.807) is 0 Å². The molecule has 0 radical (unpaired) electrons. The van der Waals surface area contributed by atoms with E-state index in [9.17, 15) is 22.4 Å². The van der Waals surface area contributed by atoms with E-state index in [0.29, 0.717) is 16.3 Å². The number of aromatic carboxylic acids is 1. The summed E-state index contributed by atoms with van der Waals surface area (Å²) in [5, 5.41) is 9.10. The van der Waals surface area contributed by atoms with Gasteiger partial charge in [0.1, 0.15) is 18.1 Å². The van der Waals surface area contributed by atoms with Crippen LogP contribution in [0.4, 0.5) is 17.6 Å². The Hall–Kier alpha value is -3.05. The van der Waals surface area contributed by atoms with Gasteiger partial charge in [-0.15, -0.1) is 0 Å². The number of hydrogen-bond donors (Lipinski definition) is 1. The number of aromatic nitrogens is 2. The highest BCUT2D eigenvalue weighted by Crippen LogP contribution is 2.36. The zero-order chi connectivity index (χ0) is 21.7. The van der Waals surface area contributed by atoms with Gasteiger partial charge in [-0.25, -0.2) is 14.2 Å². The third kappa shape index (κ3) is 5.30. The van der Waals surface area contributed by atoms with Crippen LogP contribution < -0.4 is 4.74 Å². The number of carbonyl (C=O) groups is 1. The van der Waals surface area contributed by atoms with Gasteiger partial charge in [-0.2, -0.15) is 13.2 Å². The van der Waals surface area contributed by atoms with Crippen LogP contribution in [0.15, 0.2) is 42.6 Å². The number of pyridine rings is 1. The molecule has 0 unspecified atom stereocenters. The summed E-state index contributed by atoms with van der Waals surface area (Å²) in [6.07, 6.45) is -3.29. The van der Waals surface area contributed by atoms with Crippen molar-refractivity contribution in [1.82, 2.24) is 9.97 Å². The Morgan fingerprint density at radius 1 is 1.13 bits per heavy atom. The largest absolute Gasteiger partial charge is 0.478 e. The number of hydrogen-bond acceptors (Lipinski definition) is 6. The Morgan fingerprint density at radius 2 is 1.87 bits per heavy atom. The fourth-order valence-electron chi connectivity index (χ4n) is 2.36. The van der Waals surface area contributed by atoms with Crippen LogP contribution in [0.2, 0.25) is 0 Å².